The summed E-state index contributed by atoms with van der Waals surface area (Å²) in [5.74, 6) is -1.26. The second-order valence-electron chi connectivity index (χ2n) is 4.64. The molecule has 0 saturated carbocycles. The predicted octanol–water partition coefficient (Wildman–Crippen LogP) is 1.04. The quantitative estimate of drug-likeness (QED) is 0.798. The summed E-state index contributed by atoms with van der Waals surface area (Å²) >= 11 is 3.18. The zero-order valence-corrected chi connectivity index (χ0v) is 13.5. The number of halogens is 1. The Bertz CT molecular complexity index is 717. The smallest absolute Gasteiger partial charge is 0.304 e. The molecule has 0 spiro atoms. The topological polar surface area (TPSA) is 104 Å². The largest absolute Gasteiger partial charge is 0.481 e. The molecule has 9 heteroatoms. The van der Waals surface area contributed by atoms with Crippen molar-refractivity contribution in [1.82, 2.24) is 4.31 Å². The van der Waals surface area contributed by atoms with E-state index < -0.39 is 16.0 Å². The van der Waals surface area contributed by atoms with Crippen LogP contribution in [-0.2, 0) is 26.0 Å². The van der Waals surface area contributed by atoms with Gasteiger partial charge in [-0.3, -0.25) is 9.59 Å². The van der Waals surface area contributed by atoms with Crippen LogP contribution in [0.2, 0.25) is 0 Å². The molecule has 114 valence electrons. The van der Waals surface area contributed by atoms with E-state index in [1.807, 2.05) is 0 Å². The number of rotatable bonds is 5. The second kappa shape index (κ2) is 5.74. The van der Waals surface area contributed by atoms with Crippen LogP contribution in [0.25, 0.3) is 0 Å². The Labute approximate surface area is 130 Å². The number of aliphatic carboxylic acids is 1. The van der Waals surface area contributed by atoms with E-state index in [9.17, 15) is 18.0 Å². The first-order valence-electron chi connectivity index (χ1n) is 6.02. The lowest BCUT2D eigenvalue weighted by molar-refractivity contribution is -0.137. The number of carbonyl (C=O) groups excluding carboxylic acids is 1. The number of carboxylic acids is 1. The van der Waals surface area contributed by atoms with Crippen molar-refractivity contribution in [3.63, 3.8) is 0 Å². The van der Waals surface area contributed by atoms with Gasteiger partial charge >= 0.3 is 5.97 Å². The third-order valence-corrected chi connectivity index (χ3v) is 5.93. The fraction of sp³-hybridized carbons (Fsp3) is 0.333. The molecule has 1 heterocycles. The summed E-state index contributed by atoms with van der Waals surface area (Å²) in [5.41, 5.74) is 1.19. The van der Waals surface area contributed by atoms with Crippen LogP contribution in [0.15, 0.2) is 21.5 Å². The van der Waals surface area contributed by atoms with E-state index in [2.05, 4.69) is 21.2 Å². The van der Waals surface area contributed by atoms with Gasteiger partial charge in [-0.1, -0.05) is 0 Å². The van der Waals surface area contributed by atoms with Crippen molar-refractivity contribution in [3.05, 3.63) is 22.2 Å². The molecular weight excluding hydrogens is 364 g/mol. The number of fused-ring (bicyclic) bond motifs is 1. The van der Waals surface area contributed by atoms with Crippen LogP contribution in [0.4, 0.5) is 5.69 Å². The molecule has 1 aliphatic heterocycles. The molecule has 0 bridgehead atoms. The molecule has 0 radical (unpaired) electrons. The summed E-state index contributed by atoms with van der Waals surface area (Å²) in [6.45, 7) is -0.127. The van der Waals surface area contributed by atoms with E-state index in [0.717, 1.165) is 4.31 Å². The average molecular weight is 377 g/mol. The Kier molecular flexibility index (Phi) is 4.35. The molecule has 1 aromatic rings. The van der Waals surface area contributed by atoms with Crippen LogP contribution in [0.5, 0.6) is 0 Å². The molecule has 2 rings (SSSR count). The first-order chi connectivity index (χ1) is 9.71. The molecule has 1 amide bonds. The Morgan fingerprint density at radius 2 is 2.14 bits per heavy atom. The molecule has 0 aromatic heterocycles. The van der Waals surface area contributed by atoms with E-state index in [1.165, 1.54) is 19.2 Å². The summed E-state index contributed by atoms with van der Waals surface area (Å²) in [6.07, 6.45) is -0.150. The minimum atomic E-state index is -3.82. The van der Waals surface area contributed by atoms with Gasteiger partial charge in [0.05, 0.1) is 17.7 Å². The van der Waals surface area contributed by atoms with Gasteiger partial charge in [0, 0.05) is 23.8 Å². The number of nitrogens with zero attached hydrogens (tertiary/aromatic N) is 1. The van der Waals surface area contributed by atoms with Crippen molar-refractivity contribution < 1.29 is 23.1 Å². The number of sulfonamides is 1. The maximum Gasteiger partial charge on any atom is 0.304 e. The molecule has 1 aromatic carbocycles. The zero-order chi connectivity index (χ0) is 15.8. The van der Waals surface area contributed by atoms with E-state index >= 15 is 0 Å². The molecule has 0 atom stereocenters. The lowest BCUT2D eigenvalue weighted by atomic mass is 10.2. The monoisotopic (exact) mass is 376 g/mol. The van der Waals surface area contributed by atoms with Crippen molar-refractivity contribution in [3.8, 4) is 0 Å². The number of nitrogens with one attached hydrogen (secondary N) is 1. The van der Waals surface area contributed by atoms with Gasteiger partial charge in [-0.2, -0.15) is 0 Å². The van der Waals surface area contributed by atoms with Gasteiger partial charge in [-0.15, -0.1) is 0 Å². The van der Waals surface area contributed by atoms with Crippen LogP contribution >= 0.6 is 15.9 Å². The molecule has 21 heavy (non-hydrogen) atoms. The standard InChI is InChI=1S/C12H13BrN2O5S/c1-15(3-2-12(17)18)21(19,20)10-4-7-5-11(16)14-9(7)6-8(10)13/h4,6H,2-3,5H2,1H3,(H,14,16)(H,17,18). The Morgan fingerprint density at radius 3 is 2.76 bits per heavy atom. The van der Waals surface area contributed by atoms with E-state index in [4.69, 9.17) is 5.11 Å². The highest BCUT2D eigenvalue weighted by atomic mass is 79.9. The fourth-order valence-electron chi connectivity index (χ4n) is 1.96. The van der Waals surface area contributed by atoms with Gasteiger partial charge in [-0.05, 0) is 33.6 Å². The van der Waals surface area contributed by atoms with Crippen molar-refractivity contribution >= 4 is 43.5 Å². The number of hydrogen-bond acceptors (Lipinski definition) is 4. The Hall–Kier alpha value is -1.45. The van der Waals surface area contributed by atoms with Crippen LogP contribution in [0, 0.1) is 0 Å². The van der Waals surface area contributed by atoms with Crippen LogP contribution < -0.4 is 5.32 Å². The maximum absolute atomic E-state index is 12.4. The minimum Gasteiger partial charge on any atom is -0.481 e. The average Bonchev–Trinajstić information content (AvgIpc) is 2.73. The Balaban J connectivity index is 2.35. The lowest BCUT2D eigenvalue weighted by Gasteiger charge is -2.18. The number of anilines is 1. The van der Waals surface area contributed by atoms with Gasteiger partial charge in [-0.25, -0.2) is 12.7 Å². The van der Waals surface area contributed by atoms with Crippen LogP contribution in [0.1, 0.15) is 12.0 Å². The second-order valence-corrected chi connectivity index (χ2v) is 7.50. The van der Waals surface area contributed by atoms with Gasteiger partial charge in [0.2, 0.25) is 15.9 Å². The van der Waals surface area contributed by atoms with Crippen LogP contribution in [-0.4, -0.2) is 43.3 Å². The van der Waals surface area contributed by atoms with Crippen LogP contribution in [0.3, 0.4) is 0 Å². The van der Waals surface area contributed by atoms with E-state index in [0.29, 0.717) is 15.7 Å². The normalized spacial score (nSPS) is 14.1. The number of hydrogen-bond donors (Lipinski definition) is 2. The molecule has 2 N–H and O–H groups in total. The predicted molar refractivity (Wildman–Crippen MR) is 78.5 cm³/mol. The fourth-order valence-corrected chi connectivity index (χ4v) is 4.19. The third-order valence-electron chi connectivity index (χ3n) is 3.11. The summed E-state index contributed by atoms with van der Waals surface area (Å²) < 4.78 is 26.2. The SMILES string of the molecule is CN(CCC(=O)O)S(=O)(=O)c1cc2c(cc1Br)NC(=O)C2. The number of carboxylic acid groups (broad SMARTS) is 1. The van der Waals surface area contributed by atoms with Gasteiger partial charge < -0.3 is 10.4 Å². The lowest BCUT2D eigenvalue weighted by Crippen LogP contribution is -2.29. The summed E-state index contributed by atoms with van der Waals surface area (Å²) in [6, 6.07) is 2.97. The molecule has 0 aliphatic carbocycles. The Morgan fingerprint density at radius 1 is 1.48 bits per heavy atom. The molecular formula is C12H13BrN2O5S. The highest BCUT2D eigenvalue weighted by Gasteiger charge is 2.27. The van der Waals surface area contributed by atoms with Gasteiger partial charge in [0.15, 0.2) is 0 Å². The highest BCUT2D eigenvalue weighted by molar-refractivity contribution is 9.10. The zero-order valence-electron chi connectivity index (χ0n) is 11.1. The summed E-state index contributed by atoms with van der Waals surface area (Å²) in [4.78, 5) is 21.9. The maximum atomic E-state index is 12.4. The number of carbonyl (C=O) groups is 2. The van der Waals surface area contributed by atoms with E-state index in [1.54, 1.807) is 0 Å². The number of benzene rings is 1. The van der Waals surface area contributed by atoms with Crippen molar-refractivity contribution in [2.24, 2.45) is 0 Å². The van der Waals surface area contributed by atoms with E-state index in [-0.39, 0.29) is 30.2 Å². The molecule has 0 fully saturated rings. The molecule has 0 saturated heterocycles. The van der Waals surface area contributed by atoms with Gasteiger partial charge in [0.1, 0.15) is 0 Å². The van der Waals surface area contributed by atoms with Crippen molar-refractivity contribution in [2.75, 3.05) is 18.9 Å². The summed E-state index contributed by atoms with van der Waals surface area (Å²) in [7, 11) is -2.50. The number of amides is 1. The first-order valence-corrected chi connectivity index (χ1v) is 8.25. The minimum absolute atomic E-state index is 0.0191. The molecule has 0 unspecified atom stereocenters. The molecule has 1 aliphatic rings. The van der Waals surface area contributed by atoms with Crippen molar-refractivity contribution in [2.45, 2.75) is 17.7 Å². The van der Waals surface area contributed by atoms with Gasteiger partial charge in [0.25, 0.3) is 0 Å². The molecule has 7 nitrogen and oxygen atoms in total. The third kappa shape index (κ3) is 3.25. The first kappa shape index (κ1) is 15.9. The summed E-state index contributed by atoms with van der Waals surface area (Å²) in [5, 5.41) is 11.3. The van der Waals surface area contributed by atoms with Crippen molar-refractivity contribution in [1.29, 1.82) is 0 Å². The highest BCUT2D eigenvalue weighted by Crippen LogP contribution is 2.33.